The predicted octanol–water partition coefficient (Wildman–Crippen LogP) is 6.33. The van der Waals surface area contributed by atoms with Gasteiger partial charge in [-0.1, -0.05) is 23.7 Å². The highest BCUT2D eigenvalue weighted by atomic mass is 35.5. The first-order valence-electron chi connectivity index (χ1n) is 11.1. The van der Waals surface area contributed by atoms with Gasteiger partial charge in [0.2, 0.25) is 0 Å². The van der Waals surface area contributed by atoms with E-state index in [9.17, 15) is 5.11 Å². The third kappa shape index (κ3) is 3.73. The number of rotatable bonds is 4. The lowest BCUT2D eigenvalue weighted by Crippen LogP contribution is -2.29. The topological polar surface area (TPSA) is 53.3 Å². The summed E-state index contributed by atoms with van der Waals surface area (Å²) in [5.41, 5.74) is 7.29. The van der Waals surface area contributed by atoms with Crippen molar-refractivity contribution >= 4 is 34.6 Å². The molecule has 3 heterocycles. The Hall–Kier alpha value is -3.35. The number of thiocarbonyl (C=S) groups is 1. The highest BCUT2D eigenvalue weighted by Gasteiger charge is 2.42. The number of phenolic OH excluding ortho intramolecular Hbond substituents is 1. The second-order valence-corrected chi connectivity index (χ2v) is 9.35. The van der Waals surface area contributed by atoms with Gasteiger partial charge in [0, 0.05) is 34.0 Å². The number of hydrogen-bond donors (Lipinski definition) is 2. The molecular formula is C27H25ClN4OS. The molecule has 5 nitrogen and oxygen atoms in total. The zero-order valence-electron chi connectivity index (χ0n) is 19.2. The van der Waals surface area contributed by atoms with E-state index in [0.29, 0.717) is 5.11 Å². The first-order chi connectivity index (χ1) is 16.4. The van der Waals surface area contributed by atoms with E-state index in [2.05, 4.69) is 45.7 Å². The molecule has 172 valence electrons. The molecule has 2 aromatic heterocycles. The van der Waals surface area contributed by atoms with Gasteiger partial charge in [-0.25, -0.2) is 0 Å². The fraction of sp³-hybridized carbons (Fsp3) is 0.185. The molecule has 1 aliphatic heterocycles. The molecule has 0 spiro atoms. The van der Waals surface area contributed by atoms with Crippen LogP contribution in [-0.4, -0.2) is 19.8 Å². The summed E-state index contributed by atoms with van der Waals surface area (Å²) in [6.45, 7) is 6.29. The van der Waals surface area contributed by atoms with Crippen molar-refractivity contribution in [3.63, 3.8) is 0 Å². The van der Waals surface area contributed by atoms with E-state index >= 15 is 0 Å². The molecule has 5 rings (SSSR count). The lowest BCUT2D eigenvalue weighted by atomic mass is 9.96. The average molecular weight is 489 g/mol. The number of nitrogens with zero attached hydrogens (tertiary/aromatic N) is 3. The number of benzene rings is 2. The molecule has 2 aromatic carbocycles. The molecule has 34 heavy (non-hydrogen) atoms. The van der Waals surface area contributed by atoms with Crippen LogP contribution < -0.4 is 10.2 Å². The molecule has 2 N–H and O–H groups in total. The first-order valence-corrected chi connectivity index (χ1v) is 11.9. The molecule has 4 aromatic rings. The van der Waals surface area contributed by atoms with Crippen molar-refractivity contribution in [2.75, 3.05) is 4.90 Å². The summed E-state index contributed by atoms with van der Waals surface area (Å²) >= 11 is 12.3. The van der Waals surface area contributed by atoms with Crippen LogP contribution in [0.25, 0.3) is 5.69 Å². The summed E-state index contributed by atoms with van der Waals surface area (Å²) in [5, 5.41) is 14.7. The Morgan fingerprint density at radius 1 is 1.00 bits per heavy atom. The van der Waals surface area contributed by atoms with E-state index in [-0.39, 0.29) is 17.8 Å². The van der Waals surface area contributed by atoms with Gasteiger partial charge in [-0.05, 0) is 98.7 Å². The molecule has 0 amide bonds. The van der Waals surface area contributed by atoms with Gasteiger partial charge in [0.1, 0.15) is 5.75 Å². The Morgan fingerprint density at radius 3 is 2.47 bits per heavy atom. The maximum atomic E-state index is 9.85. The molecule has 1 fully saturated rings. The largest absolute Gasteiger partial charge is 0.508 e. The highest BCUT2D eigenvalue weighted by molar-refractivity contribution is 7.80. The maximum Gasteiger partial charge on any atom is 0.174 e. The van der Waals surface area contributed by atoms with Gasteiger partial charge in [0.25, 0.3) is 0 Å². The fourth-order valence-corrected chi connectivity index (χ4v) is 5.37. The van der Waals surface area contributed by atoms with Crippen LogP contribution in [0, 0.1) is 20.8 Å². The Balaban J connectivity index is 1.70. The minimum atomic E-state index is -0.142. The van der Waals surface area contributed by atoms with Crippen molar-refractivity contribution in [3.05, 3.63) is 106 Å². The summed E-state index contributed by atoms with van der Waals surface area (Å²) in [6.07, 6.45) is 1.80. The zero-order valence-corrected chi connectivity index (χ0v) is 20.7. The number of aromatic nitrogens is 2. The van der Waals surface area contributed by atoms with Gasteiger partial charge in [-0.2, -0.15) is 0 Å². The molecular weight excluding hydrogens is 464 g/mol. The average Bonchev–Trinajstić information content (AvgIpc) is 3.32. The number of pyridine rings is 1. The minimum absolute atomic E-state index is 0.133. The van der Waals surface area contributed by atoms with E-state index in [0.717, 1.165) is 44.6 Å². The van der Waals surface area contributed by atoms with E-state index in [1.165, 1.54) is 0 Å². The second kappa shape index (κ2) is 8.78. The summed E-state index contributed by atoms with van der Waals surface area (Å²) in [5.74, 6) is 0.217. The number of anilines is 1. The van der Waals surface area contributed by atoms with Crippen LogP contribution in [0.3, 0.4) is 0 Å². The van der Waals surface area contributed by atoms with Crippen LogP contribution in [0.15, 0.2) is 72.9 Å². The number of nitrogens with one attached hydrogen (secondary N) is 1. The number of aryl methyl sites for hydroxylation is 1. The molecule has 0 bridgehead atoms. The van der Waals surface area contributed by atoms with Crippen LogP contribution in [0.5, 0.6) is 5.75 Å². The van der Waals surface area contributed by atoms with Gasteiger partial charge in [-0.15, -0.1) is 0 Å². The number of aromatic hydroxyl groups is 1. The normalized spacial score (nSPS) is 17.8. The number of hydrogen-bond acceptors (Lipinski definition) is 3. The summed E-state index contributed by atoms with van der Waals surface area (Å²) in [4.78, 5) is 6.76. The Labute approximate surface area is 209 Å². The van der Waals surface area contributed by atoms with Gasteiger partial charge < -0.3 is 19.9 Å². The quantitative estimate of drug-likeness (QED) is 0.328. The molecule has 2 atom stereocenters. The van der Waals surface area contributed by atoms with Crippen molar-refractivity contribution in [1.82, 2.24) is 14.9 Å². The predicted molar refractivity (Wildman–Crippen MR) is 141 cm³/mol. The number of halogens is 1. The van der Waals surface area contributed by atoms with Gasteiger partial charge in [-0.3, -0.25) is 4.98 Å². The summed E-state index contributed by atoms with van der Waals surface area (Å²) < 4.78 is 2.25. The van der Waals surface area contributed by atoms with Crippen molar-refractivity contribution in [1.29, 1.82) is 0 Å². The fourth-order valence-electron chi connectivity index (χ4n) is 4.86. The van der Waals surface area contributed by atoms with Crippen LogP contribution in [0.2, 0.25) is 5.02 Å². The number of phenols is 1. The third-order valence-corrected chi connectivity index (χ3v) is 7.22. The maximum absolute atomic E-state index is 9.85. The second-order valence-electron chi connectivity index (χ2n) is 8.56. The Morgan fingerprint density at radius 2 is 1.76 bits per heavy atom. The van der Waals surface area contributed by atoms with E-state index < -0.39 is 0 Å². The zero-order chi connectivity index (χ0) is 24.0. The van der Waals surface area contributed by atoms with Crippen LogP contribution >= 0.6 is 23.8 Å². The van der Waals surface area contributed by atoms with Gasteiger partial charge >= 0.3 is 0 Å². The monoisotopic (exact) mass is 488 g/mol. The van der Waals surface area contributed by atoms with Crippen LogP contribution in [0.4, 0.5) is 5.69 Å². The summed E-state index contributed by atoms with van der Waals surface area (Å²) in [6, 6.07) is 21.0. The Kier molecular flexibility index (Phi) is 5.80. The van der Waals surface area contributed by atoms with E-state index in [1.54, 1.807) is 18.3 Å². The first kappa shape index (κ1) is 22.4. The lowest BCUT2D eigenvalue weighted by molar-refractivity contribution is 0.475. The molecule has 0 aliphatic carbocycles. The SMILES string of the molecule is Cc1c(Cl)cccc1-n1c(C)cc([C@H]2[C@H](c3ccccn3)NC(=S)N2c2ccc(O)cc2)c1C. The molecule has 1 saturated heterocycles. The lowest BCUT2D eigenvalue weighted by Gasteiger charge is -2.28. The molecule has 7 heteroatoms. The standard InChI is InChI=1S/C27H25ClN4OS/c1-16-15-21(18(3)31(16)24-9-6-7-22(28)17(24)2)26-25(23-8-4-5-14-29-23)30-27(34)32(26)19-10-12-20(33)13-11-19/h4-15,25-26,33H,1-3H3,(H,30,34)/t25-,26-/m0/s1. The minimum Gasteiger partial charge on any atom is -0.508 e. The van der Waals surface area contributed by atoms with E-state index in [4.69, 9.17) is 23.8 Å². The molecule has 0 radical (unpaired) electrons. The third-order valence-electron chi connectivity index (χ3n) is 6.49. The van der Waals surface area contributed by atoms with Gasteiger partial charge in [0.05, 0.1) is 17.8 Å². The van der Waals surface area contributed by atoms with Crippen molar-refractivity contribution < 1.29 is 5.11 Å². The molecule has 0 unspecified atom stereocenters. The van der Waals surface area contributed by atoms with Crippen molar-refractivity contribution in [2.45, 2.75) is 32.9 Å². The van der Waals surface area contributed by atoms with Crippen molar-refractivity contribution in [3.8, 4) is 11.4 Å². The highest BCUT2D eigenvalue weighted by Crippen LogP contribution is 2.44. The van der Waals surface area contributed by atoms with Crippen molar-refractivity contribution in [2.24, 2.45) is 0 Å². The summed E-state index contributed by atoms with van der Waals surface area (Å²) in [7, 11) is 0. The van der Waals surface area contributed by atoms with Crippen LogP contribution in [0.1, 0.15) is 40.3 Å². The smallest absolute Gasteiger partial charge is 0.174 e. The van der Waals surface area contributed by atoms with E-state index in [1.807, 2.05) is 49.4 Å². The molecule has 1 aliphatic rings. The van der Waals surface area contributed by atoms with Crippen LogP contribution in [-0.2, 0) is 0 Å². The molecule has 0 saturated carbocycles. The Bertz CT molecular complexity index is 1370. The van der Waals surface area contributed by atoms with Gasteiger partial charge in [0.15, 0.2) is 5.11 Å².